The van der Waals surface area contributed by atoms with Gasteiger partial charge in [0.05, 0.1) is 31.2 Å². The topological polar surface area (TPSA) is 66.1 Å². The van der Waals surface area contributed by atoms with Gasteiger partial charge in [0.2, 0.25) is 0 Å². The van der Waals surface area contributed by atoms with Gasteiger partial charge in [-0.25, -0.2) is 4.79 Å². The van der Waals surface area contributed by atoms with Crippen molar-refractivity contribution in [2.75, 3.05) is 63.3 Å². The molecular weight excluding hydrogens is 392 g/mol. The van der Waals surface area contributed by atoms with Gasteiger partial charge in [-0.05, 0) is 30.7 Å². The number of para-hydroxylation sites is 3. The summed E-state index contributed by atoms with van der Waals surface area (Å²) in [6.07, 6.45) is 1.04. The third-order valence-corrected chi connectivity index (χ3v) is 6.15. The number of rotatable bonds is 7. The van der Waals surface area contributed by atoms with E-state index in [1.54, 1.807) is 0 Å². The normalized spacial score (nSPS) is 20.2. The van der Waals surface area contributed by atoms with Crippen LogP contribution in [0.5, 0.6) is 0 Å². The van der Waals surface area contributed by atoms with E-state index in [-0.39, 0.29) is 12.1 Å². The van der Waals surface area contributed by atoms with E-state index in [1.807, 2.05) is 61.6 Å². The van der Waals surface area contributed by atoms with Crippen LogP contribution in [-0.2, 0) is 9.47 Å². The fraction of sp³-hybridized carbons (Fsp3) is 0.458. The van der Waals surface area contributed by atoms with Crippen LogP contribution < -0.4 is 15.5 Å². The standard InChI is InChI=1S/C24H32N4O3/c1-27(20-7-3-2-4-8-20)22-10-6-5-9-21(22)26-24(29)25-17-23(19-11-14-31-18-19)28-12-15-30-16-13-28/h2-10,19,23H,11-18H2,1H3,(H2,25,26,29)/t19-,23-/m0/s1. The Morgan fingerprint density at radius 1 is 1.06 bits per heavy atom. The maximum absolute atomic E-state index is 12.8. The van der Waals surface area contributed by atoms with E-state index in [4.69, 9.17) is 9.47 Å². The molecule has 0 unspecified atom stereocenters. The van der Waals surface area contributed by atoms with Gasteiger partial charge in [0.1, 0.15) is 0 Å². The second-order valence-corrected chi connectivity index (χ2v) is 8.09. The van der Waals surface area contributed by atoms with Crippen LogP contribution >= 0.6 is 0 Å². The summed E-state index contributed by atoms with van der Waals surface area (Å²) in [6.45, 7) is 5.44. The fourth-order valence-corrected chi connectivity index (χ4v) is 4.39. The third-order valence-electron chi connectivity index (χ3n) is 6.15. The molecule has 0 radical (unpaired) electrons. The Bertz CT molecular complexity index is 836. The van der Waals surface area contributed by atoms with E-state index in [2.05, 4.69) is 20.4 Å². The Labute approximate surface area is 184 Å². The van der Waals surface area contributed by atoms with Crippen LogP contribution in [0.3, 0.4) is 0 Å². The highest BCUT2D eigenvalue weighted by Crippen LogP contribution is 2.30. The smallest absolute Gasteiger partial charge is 0.319 e. The van der Waals surface area contributed by atoms with E-state index in [0.29, 0.717) is 12.5 Å². The lowest BCUT2D eigenvalue weighted by Crippen LogP contribution is -2.52. The molecule has 2 amide bonds. The quantitative estimate of drug-likeness (QED) is 0.714. The molecule has 7 nitrogen and oxygen atoms in total. The lowest BCUT2D eigenvalue weighted by molar-refractivity contribution is 0.00222. The van der Waals surface area contributed by atoms with Gasteiger partial charge in [-0.3, -0.25) is 4.90 Å². The second-order valence-electron chi connectivity index (χ2n) is 8.09. The number of nitrogens with one attached hydrogen (secondary N) is 2. The molecule has 4 rings (SSSR count). The molecule has 2 saturated heterocycles. The van der Waals surface area contributed by atoms with Crippen molar-refractivity contribution in [3.05, 3.63) is 54.6 Å². The van der Waals surface area contributed by atoms with Crippen molar-refractivity contribution in [1.82, 2.24) is 10.2 Å². The molecule has 2 N–H and O–H groups in total. The van der Waals surface area contributed by atoms with Gasteiger partial charge in [0, 0.05) is 50.9 Å². The van der Waals surface area contributed by atoms with Gasteiger partial charge in [-0.2, -0.15) is 0 Å². The first-order chi connectivity index (χ1) is 15.2. The van der Waals surface area contributed by atoms with Crippen LogP contribution in [0.1, 0.15) is 6.42 Å². The van der Waals surface area contributed by atoms with Crippen molar-refractivity contribution < 1.29 is 14.3 Å². The number of carbonyl (C=O) groups excluding carboxylic acids is 1. The van der Waals surface area contributed by atoms with E-state index >= 15 is 0 Å². The van der Waals surface area contributed by atoms with Crippen LogP contribution in [0.2, 0.25) is 0 Å². The van der Waals surface area contributed by atoms with Crippen molar-refractivity contribution >= 4 is 23.1 Å². The Kier molecular flexibility index (Phi) is 7.40. The first-order valence-electron chi connectivity index (χ1n) is 11.0. The number of hydrogen-bond acceptors (Lipinski definition) is 5. The molecule has 2 aliphatic rings. The molecule has 0 aliphatic carbocycles. The van der Waals surface area contributed by atoms with Crippen LogP contribution in [0, 0.1) is 5.92 Å². The molecule has 0 spiro atoms. The Hall–Kier alpha value is -2.61. The molecule has 2 atom stereocenters. The SMILES string of the molecule is CN(c1ccccc1)c1ccccc1NC(=O)NC[C@@H]([C@H]1CCOC1)N1CCOCC1. The molecule has 166 valence electrons. The molecule has 0 saturated carbocycles. The molecule has 2 aliphatic heterocycles. The van der Waals surface area contributed by atoms with E-state index < -0.39 is 0 Å². The van der Waals surface area contributed by atoms with Crippen molar-refractivity contribution in [3.8, 4) is 0 Å². The number of hydrogen-bond donors (Lipinski definition) is 2. The predicted octanol–water partition coefficient (Wildman–Crippen LogP) is 3.31. The summed E-state index contributed by atoms with van der Waals surface area (Å²) in [5.74, 6) is 0.440. The summed E-state index contributed by atoms with van der Waals surface area (Å²) in [7, 11) is 2.00. The number of morpholine rings is 1. The number of benzene rings is 2. The van der Waals surface area contributed by atoms with Gasteiger partial charge < -0.3 is 25.0 Å². The van der Waals surface area contributed by atoms with Gasteiger partial charge in [0.25, 0.3) is 0 Å². The van der Waals surface area contributed by atoms with E-state index in [9.17, 15) is 4.79 Å². The van der Waals surface area contributed by atoms with Crippen LogP contribution in [0.25, 0.3) is 0 Å². The van der Waals surface area contributed by atoms with Gasteiger partial charge in [0.15, 0.2) is 0 Å². The molecule has 0 bridgehead atoms. The van der Waals surface area contributed by atoms with E-state index in [0.717, 1.165) is 63.0 Å². The Morgan fingerprint density at radius 3 is 2.55 bits per heavy atom. The highest BCUT2D eigenvalue weighted by molar-refractivity contribution is 5.94. The maximum Gasteiger partial charge on any atom is 0.319 e. The average molecular weight is 425 g/mol. The summed E-state index contributed by atoms with van der Waals surface area (Å²) >= 11 is 0. The zero-order valence-electron chi connectivity index (χ0n) is 18.1. The summed E-state index contributed by atoms with van der Waals surface area (Å²) < 4.78 is 11.1. The fourth-order valence-electron chi connectivity index (χ4n) is 4.39. The lowest BCUT2D eigenvalue weighted by Gasteiger charge is -2.37. The van der Waals surface area contributed by atoms with E-state index in [1.165, 1.54) is 0 Å². The second kappa shape index (κ2) is 10.6. The molecule has 2 heterocycles. The highest BCUT2D eigenvalue weighted by atomic mass is 16.5. The number of ether oxygens (including phenoxy) is 2. The molecule has 2 aromatic rings. The zero-order chi connectivity index (χ0) is 21.5. The minimum Gasteiger partial charge on any atom is -0.381 e. The number of carbonyl (C=O) groups is 1. The first kappa shape index (κ1) is 21.6. The van der Waals surface area contributed by atoms with Gasteiger partial charge in [-0.1, -0.05) is 30.3 Å². The largest absolute Gasteiger partial charge is 0.381 e. The zero-order valence-corrected chi connectivity index (χ0v) is 18.1. The number of amides is 2. The molecule has 2 aromatic carbocycles. The van der Waals surface area contributed by atoms with Crippen molar-refractivity contribution in [3.63, 3.8) is 0 Å². The number of nitrogens with zero attached hydrogens (tertiary/aromatic N) is 2. The number of anilines is 3. The predicted molar refractivity (Wildman–Crippen MR) is 123 cm³/mol. The minimum atomic E-state index is -0.189. The highest BCUT2D eigenvalue weighted by Gasteiger charge is 2.31. The van der Waals surface area contributed by atoms with Crippen molar-refractivity contribution in [2.24, 2.45) is 5.92 Å². The van der Waals surface area contributed by atoms with Gasteiger partial charge in [-0.15, -0.1) is 0 Å². The summed E-state index contributed by atoms with van der Waals surface area (Å²) in [5.41, 5.74) is 2.78. The Balaban J connectivity index is 1.40. The van der Waals surface area contributed by atoms with Gasteiger partial charge >= 0.3 is 6.03 Å². The number of urea groups is 1. The van der Waals surface area contributed by atoms with Crippen LogP contribution in [-0.4, -0.2) is 70.1 Å². The van der Waals surface area contributed by atoms with Crippen LogP contribution in [0.15, 0.2) is 54.6 Å². The first-order valence-corrected chi connectivity index (χ1v) is 11.0. The molecule has 7 heteroatoms. The molecule has 0 aromatic heterocycles. The lowest BCUT2D eigenvalue weighted by atomic mass is 9.97. The molecular formula is C24H32N4O3. The summed E-state index contributed by atoms with van der Waals surface area (Å²) in [5, 5.41) is 6.15. The molecule has 31 heavy (non-hydrogen) atoms. The monoisotopic (exact) mass is 424 g/mol. The third kappa shape index (κ3) is 5.55. The Morgan fingerprint density at radius 2 is 1.81 bits per heavy atom. The minimum absolute atomic E-state index is 0.189. The average Bonchev–Trinajstić information content (AvgIpc) is 3.35. The van der Waals surface area contributed by atoms with Crippen molar-refractivity contribution in [2.45, 2.75) is 12.5 Å². The van der Waals surface area contributed by atoms with Crippen LogP contribution in [0.4, 0.5) is 21.9 Å². The summed E-state index contributed by atoms with van der Waals surface area (Å²) in [4.78, 5) is 17.3. The maximum atomic E-state index is 12.8. The molecule has 2 fully saturated rings. The van der Waals surface area contributed by atoms with Crippen molar-refractivity contribution in [1.29, 1.82) is 0 Å². The summed E-state index contributed by atoms with van der Waals surface area (Å²) in [6, 6.07) is 18.0.